The fourth-order valence-corrected chi connectivity index (χ4v) is 5.13. The number of nitrogens with two attached hydrogens (primary N) is 1. The molecule has 2 amide bonds. The molecular formula is C33H26ClF5N4O5S. The number of carbonyl (C=O) groups is 3. The molecule has 0 radical (unpaired) electrons. The van der Waals surface area contributed by atoms with Crippen LogP contribution in [0.15, 0.2) is 96.0 Å². The van der Waals surface area contributed by atoms with Gasteiger partial charge in [-0.3, -0.25) is 14.2 Å². The minimum Gasteiger partial charge on any atom is -0.489 e. The number of esters is 1. The van der Waals surface area contributed by atoms with Crippen LogP contribution in [0.4, 0.5) is 38.1 Å². The summed E-state index contributed by atoms with van der Waals surface area (Å²) in [4.78, 5) is 38.1. The van der Waals surface area contributed by atoms with Crippen molar-refractivity contribution in [3.05, 3.63) is 119 Å². The second kappa shape index (κ2) is 15.9. The fourth-order valence-electron chi connectivity index (χ4n) is 4.59. The summed E-state index contributed by atoms with van der Waals surface area (Å²) in [5, 5.41) is 5.05. The number of carbonyl (C=O) groups excluding carboxylic acids is 3. The standard InChI is InChI=1S/C33H25F5N4O5S.ClH/c34-21-7-12-29-25(13-21)28(16-42(29)31(44)24-4-2-1-3-20(24)18-47-30(43)15-39)41-32(45)40-27-11-8-22(14-26(27)35)46-17-19-5-9-23(10-6-19)48-33(36,37)38;/h1-14,16H,15,17-18,39H2,(H2,40,41,45);1H. The molecule has 0 aliphatic heterocycles. The van der Waals surface area contributed by atoms with Crippen molar-refractivity contribution >= 4 is 64.4 Å². The van der Waals surface area contributed by atoms with Gasteiger partial charge in [-0.2, -0.15) is 13.2 Å². The number of ether oxygens (including phenoxy) is 2. The number of thioether (sulfide) groups is 1. The van der Waals surface area contributed by atoms with E-state index < -0.39 is 35.1 Å². The maximum Gasteiger partial charge on any atom is 0.446 e. The maximum atomic E-state index is 14.9. The van der Waals surface area contributed by atoms with Gasteiger partial charge in [0.05, 0.1) is 23.4 Å². The van der Waals surface area contributed by atoms with E-state index in [0.717, 1.165) is 18.2 Å². The highest BCUT2D eigenvalue weighted by atomic mass is 35.5. The van der Waals surface area contributed by atoms with E-state index >= 15 is 0 Å². The average molecular weight is 721 g/mol. The molecule has 0 saturated heterocycles. The largest absolute Gasteiger partial charge is 0.489 e. The lowest BCUT2D eigenvalue weighted by atomic mass is 10.1. The van der Waals surface area contributed by atoms with Crippen LogP contribution in [0.1, 0.15) is 21.5 Å². The number of benzene rings is 4. The highest BCUT2D eigenvalue weighted by Crippen LogP contribution is 2.37. The molecule has 9 nitrogen and oxygen atoms in total. The monoisotopic (exact) mass is 720 g/mol. The van der Waals surface area contributed by atoms with E-state index in [1.165, 1.54) is 59.3 Å². The molecular weight excluding hydrogens is 695 g/mol. The molecule has 256 valence electrons. The van der Waals surface area contributed by atoms with Gasteiger partial charge in [-0.25, -0.2) is 13.6 Å². The number of hydrogen-bond acceptors (Lipinski definition) is 7. The maximum absolute atomic E-state index is 14.9. The Morgan fingerprint density at radius 1 is 0.857 bits per heavy atom. The van der Waals surface area contributed by atoms with Crippen LogP contribution in [0, 0.1) is 11.6 Å². The smallest absolute Gasteiger partial charge is 0.446 e. The lowest BCUT2D eigenvalue weighted by Crippen LogP contribution is -2.20. The van der Waals surface area contributed by atoms with Gasteiger partial charge in [-0.05, 0) is 65.9 Å². The van der Waals surface area contributed by atoms with E-state index in [-0.39, 0.29) is 82.4 Å². The molecule has 16 heteroatoms. The third kappa shape index (κ3) is 9.49. The van der Waals surface area contributed by atoms with Crippen LogP contribution < -0.4 is 21.1 Å². The second-order valence-electron chi connectivity index (χ2n) is 10.1. The summed E-state index contributed by atoms with van der Waals surface area (Å²) in [5.74, 6) is -2.61. The summed E-state index contributed by atoms with van der Waals surface area (Å²) < 4.78 is 78.6. The third-order valence-electron chi connectivity index (χ3n) is 6.79. The zero-order valence-electron chi connectivity index (χ0n) is 25.1. The van der Waals surface area contributed by atoms with Crippen LogP contribution in [0.25, 0.3) is 10.9 Å². The number of rotatable bonds is 10. The molecule has 0 bridgehead atoms. The van der Waals surface area contributed by atoms with Crippen molar-refractivity contribution in [2.24, 2.45) is 5.73 Å². The number of amides is 2. The molecule has 0 atom stereocenters. The van der Waals surface area contributed by atoms with Gasteiger partial charge in [0.25, 0.3) is 5.91 Å². The van der Waals surface area contributed by atoms with Crippen LogP contribution >= 0.6 is 24.2 Å². The average Bonchev–Trinajstić information content (AvgIpc) is 3.40. The summed E-state index contributed by atoms with van der Waals surface area (Å²) in [6.07, 6.45) is 1.29. The highest BCUT2D eigenvalue weighted by molar-refractivity contribution is 8.00. The molecule has 0 saturated carbocycles. The Hall–Kier alpha value is -5.12. The Morgan fingerprint density at radius 2 is 1.57 bits per heavy atom. The fraction of sp³-hybridized carbons (Fsp3) is 0.121. The number of halogens is 6. The molecule has 5 aromatic rings. The molecule has 49 heavy (non-hydrogen) atoms. The van der Waals surface area contributed by atoms with E-state index in [9.17, 15) is 36.3 Å². The quantitative estimate of drug-likeness (QED) is 0.0762. The van der Waals surface area contributed by atoms with Gasteiger partial charge in [0.15, 0.2) is 0 Å². The molecule has 1 heterocycles. The first-order valence-electron chi connectivity index (χ1n) is 14.0. The van der Waals surface area contributed by atoms with E-state index in [2.05, 4.69) is 10.6 Å². The van der Waals surface area contributed by atoms with Crippen LogP contribution in [-0.4, -0.2) is 34.5 Å². The number of anilines is 2. The van der Waals surface area contributed by atoms with Crippen molar-refractivity contribution < 1.29 is 45.8 Å². The number of aromatic nitrogens is 1. The predicted molar refractivity (Wildman–Crippen MR) is 176 cm³/mol. The molecule has 0 unspecified atom stereocenters. The summed E-state index contributed by atoms with van der Waals surface area (Å²) in [6.45, 7) is -0.602. The molecule has 0 aliphatic carbocycles. The van der Waals surface area contributed by atoms with Crippen LogP contribution in [0.5, 0.6) is 5.75 Å². The first-order valence-corrected chi connectivity index (χ1v) is 14.9. The zero-order chi connectivity index (χ0) is 34.4. The Balaban J connectivity index is 0.00000541. The minimum absolute atomic E-state index is 0. The molecule has 0 aliphatic rings. The Morgan fingerprint density at radius 3 is 2.27 bits per heavy atom. The third-order valence-corrected chi connectivity index (χ3v) is 7.53. The van der Waals surface area contributed by atoms with Crippen molar-refractivity contribution in [3.63, 3.8) is 0 Å². The van der Waals surface area contributed by atoms with Gasteiger partial charge in [0, 0.05) is 33.7 Å². The number of fused-ring (bicyclic) bond motifs is 1. The SMILES string of the molecule is Cl.NCC(=O)OCc1ccccc1C(=O)n1cc(NC(=O)Nc2ccc(OCc3ccc(SC(F)(F)F)cc3)cc2F)c2cc(F)ccc21. The topological polar surface area (TPSA) is 125 Å². The van der Waals surface area contributed by atoms with Crippen molar-refractivity contribution in [1.29, 1.82) is 0 Å². The van der Waals surface area contributed by atoms with Crippen LogP contribution in [0.3, 0.4) is 0 Å². The van der Waals surface area contributed by atoms with Gasteiger partial charge < -0.3 is 25.8 Å². The number of nitrogens with one attached hydrogen (secondary N) is 2. The van der Waals surface area contributed by atoms with E-state index in [1.54, 1.807) is 18.2 Å². The normalized spacial score (nSPS) is 11.1. The summed E-state index contributed by atoms with van der Waals surface area (Å²) in [7, 11) is 0. The Labute approximate surface area is 286 Å². The Kier molecular flexibility index (Phi) is 11.9. The molecule has 5 rings (SSSR count). The first kappa shape index (κ1) is 36.7. The van der Waals surface area contributed by atoms with Gasteiger partial charge in [0.1, 0.15) is 30.6 Å². The molecule has 4 N–H and O–H groups in total. The zero-order valence-corrected chi connectivity index (χ0v) is 26.7. The lowest BCUT2D eigenvalue weighted by Gasteiger charge is -2.11. The van der Waals surface area contributed by atoms with E-state index in [4.69, 9.17) is 15.2 Å². The summed E-state index contributed by atoms with van der Waals surface area (Å²) in [6, 6.07) is 18.3. The van der Waals surface area contributed by atoms with Crippen molar-refractivity contribution in [1.82, 2.24) is 4.57 Å². The molecule has 1 aromatic heterocycles. The molecule has 0 spiro atoms. The summed E-state index contributed by atoms with van der Waals surface area (Å²) in [5.41, 5.74) is 2.08. The van der Waals surface area contributed by atoms with Crippen LogP contribution in [-0.2, 0) is 22.7 Å². The molecule has 0 fully saturated rings. The number of alkyl halides is 3. The van der Waals surface area contributed by atoms with Crippen molar-refractivity contribution in [2.75, 3.05) is 17.2 Å². The first-order chi connectivity index (χ1) is 22.9. The van der Waals surface area contributed by atoms with Gasteiger partial charge >= 0.3 is 17.5 Å². The molecule has 4 aromatic carbocycles. The lowest BCUT2D eigenvalue weighted by molar-refractivity contribution is -0.143. The Bertz CT molecular complexity index is 1990. The number of hydrogen-bond donors (Lipinski definition) is 3. The summed E-state index contributed by atoms with van der Waals surface area (Å²) >= 11 is -0.241. The predicted octanol–water partition coefficient (Wildman–Crippen LogP) is 7.87. The van der Waals surface area contributed by atoms with E-state index in [0.29, 0.717) is 11.1 Å². The number of nitrogens with zero attached hydrogens (tertiary/aromatic N) is 1. The van der Waals surface area contributed by atoms with Gasteiger partial charge in [-0.15, -0.1) is 12.4 Å². The van der Waals surface area contributed by atoms with Crippen molar-refractivity contribution in [3.8, 4) is 5.75 Å². The second-order valence-corrected chi connectivity index (χ2v) is 11.2. The van der Waals surface area contributed by atoms with Gasteiger partial charge in [0.2, 0.25) is 0 Å². The van der Waals surface area contributed by atoms with Gasteiger partial charge in [-0.1, -0.05) is 30.3 Å². The highest BCUT2D eigenvalue weighted by Gasteiger charge is 2.29. The van der Waals surface area contributed by atoms with E-state index in [1.807, 2.05) is 0 Å². The minimum atomic E-state index is -4.41. The van der Waals surface area contributed by atoms with Crippen molar-refractivity contribution in [2.45, 2.75) is 23.6 Å². The number of urea groups is 1. The van der Waals surface area contributed by atoms with Crippen LogP contribution in [0.2, 0.25) is 0 Å².